The lowest BCUT2D eigenvalue weighted by atomic mass is 9.98. The van der Waals surface area contributed by atoms with Crippen molar-refractivity contribution in [2.24, 2.45) is 0 Å². The van der Waals surface area contributed by atoms with Crippen LogP contribution in [0, 0.1) is 12.7 Å². The number of aliphatic hydroxyl groups is 1. The van der Waals surface area contributed by atoms with Gasteiger partial charge in [-0.15, -0.1) is 0 Å². The van der Waals surface area contributed by atoms with Crippen LogP contribution < -0.4 is 10.3 Å². The molecule has 1 N–H and O–H groups in total. The number of ether oxygens (including phenoxy) is 1. The molecule has 1 aliphatic rings. The number of rotatable bonds is 5. The van der Waals surface area contributed by atoms with Crippen molar-refractivity contribution < 1.29 is 14.2 Å². The molecule has 7 nitrogen and oxygen atoms in total. The minimum absolute atomic E-state index is 0.211. The van der Waals surface area contributed by atoms with E-state index in [4.69, 9.17) is 4.74 Å². The molecule has 0 spiro atoms. The van der Waals surface area contributed by atoms with E-state index in [2.05, 4.69) is 9.97 Å². The molecule has 2 aromatic carbocycles. The molecule has 2 aromatic heterocycles. The smallest absolute Gasteiger partial charge is 0.279 e. The van der Waals surface area contributed by atoms with E-state index < -0.39 is 12.2 Å². The highest BCUT2D eigenvalue weighted by atomic mass is 19.1. The van der Waals surface area contributed by atoms with Crippen LogP contribution >= 0.6 is 0 Å². The third-order valence-electron chi connectivity index (χ3n) is 6.20. The summed E-state index contributed by atoms with van der Waals surface area (Å²) >= 11 is 0. The molecule has 0 aliphatic carbocycles. The molecular formula is C27H25FN4O3. The quantitative estimate of drug-likeness (QED) is 0.466. The van der Waals surface area contributed by atoms with Crippen molar-refractivity contribution in [2.45, 2.75) is 32.9 Å². The second-order valence-corrected chi connectivity index (χ2v) is 8.51. The van der Waals surface area contributed by atoms with Gasteiger partial charge in [-0.2, -0.15) is 4.98 Å². The maximum Gasteiger partial charge on any atom is 0.279 e. The zero-order valence-electron chi connectivity index (χ0n) is 19.5. The molecule has 0 saturated heterocycles. The molecule has 8 heteroatoms. The van der Waals surface area contributed by atoms with E-state index in [0.717, 1.165) is 35.4 Å². The molecule has 5 rings (SSSR count). The van der Waals surface area contributed by atoms with Crippen LogP contribution in [0.15, 0.2) is 59.8 Å². The predicted molar refractivity (Wildman–Crippen MR) is 132 cm³/mol. The third kappa shape index (κ3) is 4.28. The molecule has 0 atom stereocenters. The summed E-state index contributed by atoms with van der Waals surface area (Å²) in [5, 5.41) is 9.93. The van der Waals surface area contributed by atoms with Crippen molar-refractivity contribution >= 4 is 11.6 Å². The minimum Gasteiger partial charge on any atom is -0.495 e. The number of benzene rings is 2. The molecule has 0 unspecified atom stereocenters. The van der Waals surface area contributed by atoms with E-state index in [1.165, 1.54) is 12.1 Å². The van der Waals surface area contributed by atoms with Gasteiger partial charge in [0.15, 0.2) is 0 Å². The van der Waals surface area contributed by atoms with Crippen molar-refractivity contribution in [3.05, 3.63) is 93.8 Å². The number of aryl methyl sites for hydroxylation is 1. The Morgan fingerprint density at radius 2 is 2.00 bits per heavy atom. The van der Waals surface area contributed by atoms with Crippen molar-refractivity contribution in [2.75, 3.05) is 7.11 Å². The van der Waals surface area contributed by atoms with Gasteiger partial charge in [0, 0.05) is 12.7 Å². The molecule has 0 saturated carbocycles. The second-order valence-electron chi connectivity index (χ2n) is 8.51. The Bertz CT molecular complexity index is 1490. The van der Waals surface area contributed by atoms with E-state index >= 15 is 0 Å². The SMILES string of the molecule is COc1cc(/C=C2/CCCn3c2nc(=O)c(CO)c3-c2ccc(F)cc2)ccc1-n1cnc(C)c1. The van der Waals surface area contributed by atoms with Gasteiger partial charge in [-0.3, -0.25) is 4.79 Å². The number of fused-ring (bicyclic) bond motifs is 1. The molecule has 1 aliphatic heterocycles. The average Bonchev–Trinajstić information content (AvgIpc) is 3.30. The largest absolute Gasteiger partial charge is 0.495 e. The summed E-state index contributed by atoms with van der Waals surface area (Å²) in [6, 6.07) is 11.8. The van der Waals surface area contributed by atoms with Gasteiger partial charge >= 0.3 is 0 Å². The summed E-state index contributed by atoms with van der Waals surface area (Å²) in [5.41, 5.74) is 4.59. The molecule has 0 amide bonds. The van der Waals surface area contributed by atoms with Gasteiger partial charge in [-0.05, 0) is 78.9 Å². The summed E-state index contributed by atoms with van der Waals surface area (Å²) in [5.74, 6) is 0.894. The monoisotopic (exact) mass is 472 g/mol. The number of hydrogen-bond donors (Lipinski definition) is 1. The van der Waals surface area contributed by atoms with Crippen LogP contribution in [-0.2, 0) is 13.2 Å². The summed E-state index contributed by atoms with van der Waals surface area (Å²) in [6.07, 6.45) is 7.27. The summed E-state index contributed by atoms with van der Waals surface area (Å²) in [7, 11) is 1.63. The van der Waals surface area contributed by atoms with Crippen LogP contribution in [0.5, 0.6) is 5.75 Å². The first-order valence-corrected chi connectivity index (χ1v) is 11.4. The van der Waals surface area contributed by atoms with Gasteiger partial charge in [0.25, 0.3) is 5.56 Å². The number of nitrogens with zero attached hydrogens (tertiary/aromatic N) is 4. The molecule has 3 heterocycles. The number of methoxy groups -OCH3 is 1. The Morgan fingerprint density at radius 3 is 2.69 bits per heavy atom. The number of halogens is 1. The Morgan fingerprint density at radius 1 is 1.20 bits per heavy atom. The fraction of sp³-hybridized carbons (Fsp3) is 0.222. The average molecular weight is 473 g/mol. The number of hydrogen-bond acceptors (Lipinski definition) is 5. The van der Waals surface area contributed by atoms with E-state index in [1.807, 2.05) is 46.5 Å². The summed E-state index contributed by atoms with van der Waals surface area (Å²) in [4.78, 5) is 21.5. The Labute approximate surface area is 201 Å². The van der Waals surface area contributed by atoms with Crippen LogP contribution in [-0.4, -0.2) is 31.3 Å². The third-order valence-corrected chi connectivity index (χ3v) is 6.20. The highest BCUT2D eigenvalue weighted by Crippen LogP contribution is 2.33. The van der Waals surface area contributed by atoms with Crippen LogP contribution in [0.25, 0.3) is 28.6 Å². The van der Waals surface area contributed by atoms with Gasteiger partial charge in [0.1, 0.15) is 17.4 Å². The highest BCUT2D eigenvalue weighted by Gasteiger charge is 2.23. The fourth-order valence-corrected chi connectivity index (χ4v) is 4.56. The maximum atomic E-state index is 13.6. The number of imidazole rings is 1. The van der Waals surface area contributed by atoms with E-state index in [9.17, 15) is 14.3 Å². The van der Waals surface area contributed by atoms with Gasteiger partial charge in [0.05, 0.1) is 42.7 Å². The van der Waals surface area contributed by atoms with Crippen molar-refractivity contribution in [1.82, 2.24) is 19.1 Å². The first-order valence-electron chi connectivity index (χ1n) is 11.4. The Kier molecular flexibility index (Phi) is 6.05. The van der Waals surface area contributed by atoms with Gasteiger partial charge in [-0.25, -0.2) is 9.37 Å². The molecular weight excluding hydrogens is 447 g/mol. The molecule has 0 radical (unpaired) electrons. The van der Waals surface area contributed by atoms with Crippen molar-refractivity contribution in [1.29, 1.82) is 0 Å². The van der Waals surface area contributed by atoms with E-state index in [0.29, 0.717) is 29.4 Å². The van der Waals surface area contributed by atoms with Crippen LogP contribution in [0.1, 0.15) is 35.5 Å². The number of allylic oxidation sites excluding steroid dienone is 1. The number of aliphatic hydroxyl groups excluding tert-OH is 1. The summed E-state index contributed by atoms with van der Waals surface area (Å²) < 4.78 is 23.1. The molecule has 4 aromatic rings. The van der Waals surface area contributed by atoms with Crippen LogP contribution in [0.4, 0.5) is 4.39 Å². The standard InChI is InChI=1S/C27H25FN4O3/c1-17-14-31(16-29-17)23-10-5-18(13-24(23)35-2)12-20-4-3-11-32-25(19-6-8-21(28)9-7-19)22(15-33)27(34)30-26(20)32/h5-10,12-14,16,33H,3-4,11,15H2,1-2H3/b20-12-. The highest BCUT2D eigenvalue weighted by molar-refractivity contribution is 5.81. The minimum atomic E-state index is -0.478. The fourth-order valence-electron chi connectivity index (χ4n) is 4.56. The van der Waals surface area contributed by atoms with E-state index in [1.54, 1.807) is 25.6 Å². The second kappa shape index (κ2) is 9.31. The van der Waals surface area contributed by atoms with E-state index in [-0.39, 0.29) is 11.4 Å². The zero-order chi connectivity index (χ0) is 24.5. The normalized spacial score (nSPS) is 14.2. The van der Waals surface area contributed by atoms with Crippen molar-refractivity contribution in [3.63, 3.8) is 0 Å². The molecule has 0 bridgehead atoms. The zero-order valence-corrected chi connectivity index (χ0v) is 19.5. The lowest BCUT2D eigenvalue weighted by Gasteiger charge is -2.26. The Balaban J connectivity index is 1.62. The number of aromatic nitrogens is 4. The first-order chi connectivity index (χ1) is 17.0. The van der Waals surface area contributed by atoms with Gasteiger partial charge in [0.2, 0.25) is 0 Å². The summed E-state index contributed by atoms with van der Waals surface area (Å²) in [6.45, 7) is 2.13. The molecule has 35 heavy (non-hydrogen) atoms. The molecule has 0 fully saturated rings. The predicted octanol–water partition coefficient (Wildman–Crippen LogP) is 4.38. The van der Waals surface area contributed by atoms with Crippen LogP contribution in [0.2, 0.25) is 0 Å². The lowest BCUT2D eigenvalue weighted by molar-refractivity contribution is 0.279. The maximum absolute atomic E-state index is 13.6. The topological polar surface area (TPSA) is 82.2 Å². The first kappa shape index (κ1) is 22.7. The lowest BCUT2D eigenvalue weighted by Crippen LogP contribution is -2.26. The van der Waals surface area contributed by atoms with Crippen LogP contribution in [0.3, 0.4) is 0 Å². The van der Waals surface area contributed by atoms with Gasteiger partial charge < -0.3 is 19.0 Å². The van der Waals surface area contributed by atoms with Gasteiger partial charge in [-0.1, -0.05) is 6.07 Å². The van der Waals surface area contributed by atoms with Crippen molar-refractivity contribution in [3.8, 4) is 22.7 Å². The Hall–Kier alpha value is -4.04. The molecule has 178 valence electrons.